The van der Waals surface area contributed by atoms with Crippen LogP contribution in [-0.4, -0.2) is 41.7 Å². The quantitative estimate of drug-likeness (QED) is 0.823. The molecule has 20 heavy (non-hydrogen) atoms. The molecule has 1 aliphatic rings. The third-order valence-corrected chi connectivity index (χ3v) is 3.07. The molecule has 0 saturated carbocycles. The maximum absolute atomic E-state index is 12.0. The maximum atomic E-state index is 12.0. The predicted octanol–water partition coefficient (Wildman–Crippen LogP) is 1.45. The summed E-state index contributed by atoms with van der Waals surface area (Å²) in [6.45, 7) is 6.31. The number of rotatable bonds is 6. The molecule has 1 aliphatic heterocycles. The monoisotopic (exact) mass is 278 g/mol. The zero-order valence-corrected chi connectivity index (χ0v) is 12.1. The Morgan fingerprint density at radius 3 is 3.10 bits per heavy atom. The molecule has 2 N–H and O–H groups in total. The minimum atomic E-state index is -0.185. The van der Waals surface area contributed by atoms with Crippen LogP contribution in [0.3, 0.4) is 0 Å². The molecule has 0 aromatic carbocycles. The van der Waals surface area contributed by atoms with Gasteiger partial charge in [0.15, 0.2) is 0 Å². The number of nitrogens with one attached hydrogen (secondary N) is 2. The Labute approximate surface area is 119 Å². The van der Waals surface area contributed by atoms with Crippen LogP contribution in [0.15, 0.2) is 12.3 Å². The Kier molecular flexibility index (Phi) is 5.29. The lowest BCUT2D eigenvalue weighted by Gasteiger charge is -2.11. The van der Waals surface area contributed by atoms with Crippen molar-refractivity contribution in [3.05, 3.63) is 18.0 Å². The zero-order valence-electron chi connectivity index (χ0n) is 12.1. The number of carbonyl (C=O) groups is 1. The van der Waals surface area contributed by atoms with Crippen molar-refractivity contribution in [2.45, 2.75) is 32.8 Å². The molecule has 1 amide bonds. The van der Waals surface area contributed by atoms with Crippen LogP contribution in [0.4, 0.5) is 5.95 Å². The van der Waals surface area contributed by atoms with Crippen LogP contribution in [0.2, 0.25) is 0 Å². The first-order valence-corrected chi connectivity index (χ1v) is 7.12. The Balaban J connectivity index is 1.86. The lowest BCUT2D eigenvalue weighted by Crippen LogP contribution is -2.32. The number of carbonyl (C=O) groups excluding carboxylic acids is 1. The topological polar surface area (TPSA) is 76.1 Å². The van der Waals surface area contributed by atoms with Crippen LogP contribution < -0.4 is 10.6 Å². The largest absolute Gasteiger partial charge is 0.376 e. The van der Waals surface area contributed by atoms with Gasteiger partial charge in [0, 0.05) is 25.9 Å². The van der Waals surface area contributed by atoms with Crippen molar-refractivity contribution in [2.24, 2.45) is 5.92 Å². The minimum absolute atomic E-state index is 0.138. The molecule has 1 aromatic heterocycles. The highest BCUT2D eigenvalue weighted by Gasteiger charge is 2.17. The molecular formula is C14H22N4O2. The molecule has 1 saturated heterocycles. The molecule has 1 fully saturated rings. The average Bonchev–Trinajstić information content (AvgIpc) is 2.96. The van der Waals surface area contributed by atoms with Gasteiger partial charge in [0.05, 0.1) is 6.10 Å². The number of amides is 1. The van der Waals surface area contributed by atoms with Gasteiger partial charge in [-0.15, -0.1) is 0 Å². The van der Waals surface area contributed by atoms with Crippen LogP contribution in [0, 0.1) is 5.92 Å². The summed E-state index contributed by atoms with van der Waals surface area (Å²) in [5.74, 6) is 0.801. The Hall–Kier alpha value is -1.69. The minimum Gasteiger partial charge on any atom is -0.376 e. The zero-order chi connectivity index (χ0) is 14.4. The summed E-state index contributed by atoms with van der Waals surface area (Å²) in [6, 6.07) is 1.62. The second-order valence-electron chi connectivity index (χ2n) is 5.39. The highest BCUT2D eigenvalue weighted by Crippen LogP contribution is 2.10. The van der Waals surface area contributed by atoms with Crippen molar-refractivity contribution in [1.82, 2.24) is 15.3 Å². The van der Waals surface area contributed by atoms with E-state index in [0.29, 0.717) is 24.1 Å². The Morgan fingerprint density at radius 1 is 1.55 bits per heavy atom. The van der Waals surface area contributed by atoms with Gasteiger partial charge in [-0.1, -0.05) is 13.8 Å². The molecule has 0 aliphatic carbocycles. The summed E-state index contributed by atoms with van der Waals surface area (Å²) < 4.78 is 5.47. The van der Waals surface area contributed by atoms with Crippen molar-refractivity contribution in [3.8, 4) is 0 Å². The number of anilines is 1. The van der Waals surface area contributed by atoms with Crippen molar-refractivity contribution in [3.63, 3.8) is 0 Å². The van der Waals surface area contributed by atoms with E-state index in [0.717, 1.165) is 26.0 Å². The van der Waals surface area contributed by atoms with Gasteiger partial charge < -0.3 is 15.4 Å². The van der Waals surface area contributed by atoms with E-state index in [4.69, 9.17) is 4.74 Å². The fraction of sp³-hybridized carbons (Fsp3) is 0.643. The van der Waals surface area contributed by atoms with E-state index in [1.807, 2.05) is 0 Å². The molecular weight excluding hydrogens is 256 g/mol. The summed E-state index contributed by atoms with van der Waals surface area (Å²) in [5.41, 5.74) is 0.379. The van der Waals surface area contributed by atoms with Crippen LogP contribution in [0.5, 0.6) is 0 Å². The Bertz CT molecular complexity index is 445. The molecule has 0 radical (unpaired) electrons. The summed E-state index contributed by atoms with van der Waals surface area (Å²) >= 11 is 0. The van der Waals surface area contributed by atoms with Crippen LogP contribution in [-0.2, 0) is 4.74 Å². The number of hydrogen-bond donors (Lipinski definition) is 2. The number of aromatic nitrogens is 2. The van der Waals surface area contributed by atoms with Crippen molar-refractivity contribution >= 4 is 11.9 Å². The molecule has 1 unspecified atom stereocenters. The SMILES string of the molecule is CC(C)CNc1nccc(C(=O)NCC2CCCO2)n1. The lowest BCUT2D eigenvalue weighted by molar-refractivity contribution is 0.0853. The molecule has 6 heteroatoms. The van der Waals surface area contributed by atoms with E-state index in [-0.39, 0.29) is 12.0 Å². The van der Waals surface area contributed by atoms with Gasteiger partial charge in [0.2, 0.25) is 5.95 Å². The smallest absolute Gasteiger partial charge is 0.270 e. The van der Waals surface area contributed by atoms with Gasteiger partial charge in [0.25, 0.3) is 5.91 Å². The van der Waals surface area contributed by atoms with Crippen molar-refractivity contribution < 1.29 is 9.53 Å². The molecule has 2 rings (SSSR count). The third kappa shape index (κ3) is 4.45. The lowest BCUT2D eigenvalue weighted by atomic mass is 10.2. The normalized spacial score (nSPS) is 18.2. The van der Waals surface area contributed by atoms with E-state index in [1.54, 1.807) is 12.3 Å². The van der Waals surface area contributed by atoms with Crippen LogP contribution in [0.1, 0.15) is 37.2 Å². The van der Waals surface area contributed by atoms with Gasteiger partial charge in [-0.2, -0.15) is 0 Å². The van der Waals surface area contributed by atoms with E-state index in [1.165, 1.54) is 0 Å². The molecule has 0 spiro atoms. The first-order valence-electron chi connectivity index (χ1n) is 7.12. The fourth-order valence-electron chi connectivity index (χ4n) is 1.97. The van der Waals surface area contributed by atoms with E-state index < -0.39 is 0 Å². The second-order valence-corrected chi connectivity index (χ2v) is 5.39. The first kappa shape index (κ1) is 14.7. The third-order valence-electron chi connectivity index (χ3n) is 3.07. The number of ether oxygens (including phenoxy) is 1. The summed E-state index contributed by atoms with van der Waals surface area (Å²) in [4.78, 5) is 20.3. The second kappa shape index (κ2) is 7.19. The summed E-state index contributed by atoms with van der Waals surface area (Å²) in [7, 11) is 0. The highest BCUT2D eigenvalue weighted by atomic mass is 16.5. The van der Waals surface area contributed by atoms with Gasteiger partial charge in [-0.05, 0) is 24.8 Å². The molecule has 0 bridgehead atoms. The standard InChI is InChI=1S/C14H22N4O2/c1-10(2)8-17-14-15-6-5-12(18-14)13(19)16-9-11-4-3-7-20-11/h5-6,10-11H,3-4,7-9H2,1-2H3,(H,16,19)(H,15,17,18). The highest BCUT2D eigenvalue weighted by molar-refractivity contribution is 5.92. The first-order chi connectivity index (χ1) is 9.65. The van der Waals surface area contributed by atoms with Gasteiger partial charge in [0.1, 0.15) is 5.69 Å². The summed E-state index contributed by atoms with van der Waals surface area (Å²) in [5, 5.41) is 5.96. The molecule has 1 aromatic rings. The Morgan fingerprint density at radius 2 is 2.40 bits per heavy atom. The number of nitrogens with zero attached hydrogens (tertiary/aromatic N) is 2. The van der Waals surface area contributed by atoms with Gasteiger partial charge in [-0.25, -0.2) is 9.97 Å². The van der Waals surface area contributed by atoms with E-state index in [2.05, 4.69) is 34.4 Å². The molecule has 110 valence electrons. The van der Waals surface area contributed by atoms with E-state index in [9.17, 15) is 4.79 Å². The van der Waals surface area contributed by atoms with Crippen LogP contribution in [0.25, 0.3) is 0 Å². The summed E-state index contributed by atoms with van der Waals surface area (Å²) in [6.07, 6.45) is 3.80. The maximum Gasteiger partial charge on any atom is 0.270 e. The molecule has 2 heterocycles. The fourth-order valence-corrected chi connectivity index (χ4v) is 1.97. The van der Waals surface area contributed by atoms with E-state index >= 15 is 0 Å². The van der Waals surface area contributed by atoms with Crippen molar-refractivity contribution in [1.29, 1.82) is 0 Å². The van der Waals surface area contributed by atoms with Crippen molar-refractivity contribution in [2.75, 3.05) is 25.0 Å². The predicted molar refractivity (Wildman–Crippen MR) is 76.7 cm³/mol. The van der Waals surface area contributed by atoms with Crippen LogP contribution >= 0.6 is 0 Å². The molecule has 1 atom stereocenters. The average molecular weight is 278 g/mol. The molecule has 6 nitrogen and oxygen atoms in total. The van der Waals surface area contributed by atoms with Gasteiger partial charge >= 0.3 is 0 Å². The number of hydrogen-bond acceptors (Lipinski definition) is 5. The van der Waals surface area contributed by atoms with Gasteiger partial charge in [-0.3, -0.25) is 4.79 Å².